The highest BCUT2D eigenvalue weighted by Crippen LogP contribution is 2.73. The first-order valence-corrected chi connectivity index (χ1v) is 11.7. The number of amidine groups is 1. The molecule has 0 amide bonds. The molecular weight excluding hydrogens is 360 g/mol. The summed E-state index contributed by atoms with van der Waals surface area (Å²) in [7, 11) is 0. The summed E-state index contributed by atoms with van der Waals surface area (Å²) >= 11 is 3.52. The molecule has 1 fully saturated rings. The molecule has 2 N–H and O–H groups in total. The number of thioether (sulfide) groups is 2. The van der Waals surface area contributed by atoms with Crippen molar-refractivity contribution >= 4 is 29.4 Å². The van der Waals surface area contributed by atoms with Gasteiger partial charge < -0.3 is 5.73 Å². The highest BCUT2D eigenvalue weighted by molar-refractivity contribution is 8.18. The monoisotopic (exact) mass is 388 g/mol. The van der Waals surface area contributed by atoms with Gasteiger partial charge in [0.05, 0.1) is 12.1 Å². The Bertz CT molecular complexity index is 679. The third-order valence-corrected chi connectivity index (χ3v) is 9.51. The summed E-state index contributed by atoms with van der Waals surface area (Å²) in [6.07, 6.45) is 10.6. The Morgan fingerprint density at radius 2 is 1.65 bits per heavy atom. The zero-order valence-electron chi connectivity index (χ0n) is 15.7. The lowest BCUT2D eigenvalue weighted by Crippen LogP contribution is -2.62. The first-order chi connectivity index (χ1) is 12.6. The van der Waals surface area contributed by atoms with Gasteiger partial charge in [-0.25, -0.2) is 4.99 Å². The van der Waals surface area contributed by atoms with Crippen LogP contribution in [0.15, 0.2) is 17.1 Å². The van der Waals surface area contributed by atoms with Crippen molar-refractivity contribution in [1.29, 1.82) is 10.5 Å². The first kappa shape index (κ1) is 19.6. The number of hydrogen-bond donors (Lipinski definition) is 1. The van der Waals surface area contributed by atoms with Crippen LogP contribution in [0.25, 0.3) is 0 Å². The van der Waals surface area contributed by atoms with Gasteiger partial charge in [-0.3, -0.25) is 0 Å². The van der Waals surface area contributed by atoms with Crippen LogP contribution in [0.3, 0.4) is 0 Å². The van der Waals surface area contributed by atoms with Crippen molar-refractivity contribution in [2.24, 2.45) is 33.4 Å². The van der Waals surface area contributed by atoms with E-state index in [1.54, 1.807) is 23.5 Å². The Labute approximate surface area is 165 Å². The fourth-order valence-corrected chi connectivity index (χ4v) is 8.60. The minimum absolute atomic E-state index is 0.00123. The van der Waals surface area contributed by atoms with Crippen LogP contribution >= 0.6 is 23.5 Å². The molecule has 6 heteroatoms. The Balaban J connectivity index is 2.13. The van der Waals surface area contributed by atoms with Crippen LogP contribution in [0.5, 0.6) is 0 Å². The molecule has 4 aliphatic rings. The van der Waals surface area contributed by atoms with Crippen LogP contribution in [0.4, 0.5) is 0 Å². The van der Waals surface area contributed by atoms with Gasteiger partial charge in [0.15, 0.2) is 4.20 Å². The number of nitrogens with zero attached hydrogens (tertiary/aromatic N) is 3. The van der Waals surface area contributed by atoms with E-state index in [0.29, 0.717) is 5.84 Å². The minimum atomic E-state index is -0.974. The smallest absolute Gasteiger partial charge is 0.175 e. The van der Waals surface area contributed by atoms with Gasteiger partial charge in [0.1, 0.15) is 16.7 Å². The molecule has 0 aromatic rings. The third-order valence-electron chi connectivity index (χ3n) is 6.21. The number of nitrogens with two attached hydrogens (primary N) is 1. The molecular formula is C20H28N4S2. The van der Waals surface area contributed by atoms with Gasteiger partial charge in [-0.05, 0) is 37.2 Å². The number of unbranched alkanes of at least 4 members (excludes halogenated alkanes) is 2. The van der Waals surface area contributed by atoms with E-state index in [2.05, 4.69) is 38.1 Å². The van der Waals surface area contributed by atoms with Crippen molar-refractivity contribution in [3.63, 3.8) is 0 Å². The first-order valence-electron chi connectivity index (χ1n) is 9.73. The number of aliphatic imine (C=N–C) groups is 1. The second-order valence-electron chi connectivity index (χ2n) is 7.50. The molecule has 4 atom stereocenters. The fraction of sp³-hybridized carbons (Fsp3) is 0.750. The molecule has 0 unspecified atom stereocenters. The standard InChI is InChI=1S/C20H28N4S2/c1-3-5-11-25-20(26-12-6-4-2)19(14-22)16-9-7-15(8-10-16)18(19,13-21)17(23)24-20/h7,9,15-16H,3-6,8,10-12H2,1-2H3,(H2,23,24)/t15-,16-,18+,19-/m0/s1. The van der Waals surface area contributed by atoms with Gasteiger partial charge in [0, 0.05) is 11.8 Å². The summed E-state index contributed by atoms with van der Waals surface area (Å²) < 4.78 is -0.667. The minimum Gasteiger partial charge on any atom is -0.386 e. The molecule has 1 saturated carbocycles. The maximum absolute atomic E-state index is 10.5. The molecule has 0 saturated heterocycles. The van der Waals surface area contributed by atoms with Crippen LogP contribution in [0.2, 0.25) is 0 Å². The Hall–Kier alpha value is -1.11. The largest absolute Gasteiger partial charge is 0.386 e. The number of allylic oxidation sites excluding steroid dienone is 2. The number of nitriles is 2. The van der Waals surface area contributed by atoms with E-state index < -0.39 is 15.0 Å². The highest BCUT2D eigenvalue weighted by Gasteiger charge is 2.78. The van der Waals surface area contributed by atoms with E-state index in [9.17, 15) is 10.5 Å². The molecule has 2 bridgehead atoms. The molecule has 1 heterocycles. The Kier molecular flexibility index (Phi) is 5.66. The number of rotatable bonds is 8. The number of hydrogen-bond acceptors (Lipinski definition) is 6. The van der Waals surface area contributed by atoms with Gasteiger partial charge in [-0.2, -0.15) is 10.5 Å². The van der Waals surface area contributed by atoms with Crippen LogP contribution in [-0.2, 0) is 0 Å². The SMILES string of the molecule is CCCCSC1(SCCCC)N=C(N)[C@@]2(C#N)[C@H]3C=C[C@@H](CC3)[C@]12C#N. The normalized spacial score (nSPS) is 36.2. The molecule has 4 rings (SSSR count). The fourth-order valence-electron chi connectivity index (χ4n) is 4.85. The predicted molar refractivity (Wildman–Crippen MR) is 111 cm³/mol. The topological polar surface area (TPSA) is 86.0 Å². The van der Waals surface area contributed by atoms with E-state index in [1.807, 2.05) is 0 Å². The van der Waals surface area contributed by atoms with Gasteiger partial charge in [-0.1, -0.05) is 38.8 Å². The van der Waals surface area contributed by atoms with Crippen LogP contribution in [-0.4, -0.2) is 21.5 Å². The van der Waals surface area contributed by atoms with Gasteiger partial charge in [0.25, 0.3) is 0 Å². The van der Waals surface area contributed by atoms with Crippen LogP contribution < -0.4 is 5.73 Å². The van der Waals surface area contributed by atoms with Crippen molar-refractivity contribution in [2.75, 3.05) is 11.5 Å². The van der Waals surface area contributed by atoms with Crippen LogP contribution in [0.1, 0.15) is 52.4 Å². The van der Waals surface area contributed by atoms with Crippen LogP contribution in [0, 0.1) is 45.3 Å². The summed E-state index contributed by atoms with van der Waals surface area (Å²) in [6, 6.07) is 5.20. The average molecular weight is 389 g/mol. The lowest BCUT2D eigenvalue weighted by atomic mass is 9.46. The van der Waals surface area contributed by atoms with Crippen molar-refractivity contribution in [1.82, 2.24) is 0 Å². The zero-order valence-corrected chi connectivity index (χ0v) is 17.3. The average Bonchev–Trinajstić information content (AvgIpc) is 2.91. The zero-order chi connectivity index (χ0) is 18.8. The Morgan fingerprint density at radius 1 is 1.08 bits per heavy atom. The van der Waals surface area contributed by atoms with E-state index >= 15 is 0 Å². The summed E-state index contributed by atoms with van der Waals surface area (Å²) in [6.45, 7) is 4.35. The molecule has 0 aromatic heterocycles. The van der Waals surface area contributed by atoms with E-state index in [1.165, 1.54) is 0 Å². The summed E-state index contributed by atoms with van der Waals surface area (Å²) in [5.74, 6) is 2.33. The van der Waals surface area contributed by atoms with Crippen molar-refractivity contribution < 1.29 is 0 Å². The van der Waals surface area contributed by atoms with Gasteiger partial charge >= 0.3 is 0 Å². The van der Waals surface area contributed by atoms with E-state index in [4.69, 9.17) is 10.7 Å². The molecule has 0 spiro atoms. The van der Waals surface area contributed by atoms with E-state index in [0.717, 1.165) is 50.0 Å². The van der Waals surface area contributed by atoms with Crippen molar-refractivity contribution in [2.45, 2.75) is 56.6 Å². The van der Waals surface area contributed by atoms with Gasteiger partial charge in [-0.15, -0.1) is 23.5 Å². The van der Waals surface area contributed by atoms with Gasteiger partial charge in [0.2, 0.25) is 0 Å². The second-order valence-corrected chi connectivity index (χ2v) is 10.3. The lowest BCUT2D eigenvalue weighted by Gasteiger charge is -2.56. The maximum atomic E-state index is 10.5. The molecule has 26 heavy (non-hydrogen) atoms. The third kappa shape index (κ3) is 2.38. The second kappa shape index (κ2) is 7.49. The molecule has 3 aliphatic carbocycles. The maximum Gasteiger partial charge on any atom is 0.175 e. The molecule has 0 aromatic carbocycles. The quantitative estimate of drug-likeness (QED) is 0.370. The molecule has 4 nitrogen and oxygen atoms in total. The molecule has 1 aliphatic heterocycles. The predicted octanol–water partition coefficient (Wildman–Crippen LogP) is 4.69. The molecule has 140 valence electrons. The summed E-state index contributed by atoms with van der Waals surface area (Å²) in [5.41, 5.74) is 4.64. The van der Waals surface area contributed by atoms with Crippen molar-refractivity contribution in [3.8, 4) is 12.1 Å². The summed E-state index contributed by atoms with van der Waals surface area (Å²) in [4.78, 5) is 4.97. The molecule has 0 radical (unpaired) electrons. The lowest BCUT2D eigenvalue weighted by molar-refractivity contribution is 0.0566. The Morgan fingerprint density at radius 3 is 2.12 bits per heavy atom. The number of fused-ring (bicyclic) bond motifs is 1. The van der Waals surface area contributed by atoms with E-state index in [-0.39, 0.29) is 11.8 Å². The van der Waals surface area contributed by atoms with Crippen molar-refractivity contribution in [3.05, 3.63) is 12.2 Å². The summed E-state index contributed by atoms with van der Waals surface area (Å²) in [5, 5.41) is 20.8. The highest BCUT2D eigenvalue weighted by atomic mass is 32.2.